The van der Waals surface area contributed by atoms with E-state index in [4.69, 9.17) is 0 Å². The standard InChI is InChI=1S/C24H17F6N3O2S/c1-31-36(34,35)21-5-3-2-4-18(21)15-7-8-19-20(12-15)33-22(32-19)9-6-14-10-16(23(25,26)27)13-17(11-14)24(28,29)30/h2-13,31H,1H3,(H,32,33). The van der Waals surface area contributed by atoms with Gasteiger partial charge in [-0.2, -0.15) is 26.3 Å². The lowest BCUT2D eigenvalue weighted by Crippen LogP contribution is -2.19. The van der Waals surface area contributed by atoms with Gasteiger partial charge in [0.15, 0.2) is 0 Å². The predicted octanol–water partition coefficient (Wildman–Crippen LogP) is 6.35. The van der Waals surface area contributed by atoms with Gasteiger partial charge in [-0.25, -0.2) is 18.1 Å². The number of nitrogens with zero attached hydrogens (tertiary/aromatic N) is 1. The highest BCUT2D eigenvalue weighted by atomic mass is 32.2. The third-order valence-corrected chi connectivity index (χ3v) is 6.77. The molecule has 0 aliphatic rings. The Hall–Kier alpha value is -3.64. The van der Waals surface area contributed by atoms with Crippen LogP contribution < -0.4 is 4.72 Å². The van der Waals surface area contributed by atoms with Crippen LogP contribution in [-0.4, -0.2) is 25.4 Å². The molecule has 0 atom stereocenters. The van der Waals surface area contributed by atoms with Crippen molar-refractivity contribution in [2.24, 2.45) is 0 Å². The second kappa shape index (κ2) is 9.10. The summed E-state index contributed by atoms with van der Waals surface area (Å²) in [7, 11) is -2.45. The van der Waals surface area contributed by atoms with Gasteiger partial charge in [0.1, 0.15) is 5.82 Å². The lowest BCUT2D eigenvalue weighted by atomic mass is 10.0. The van der Waals surface area contributed by atoms with Crippen LogP contribution in [0.5, 0.6) is 0 Å². The number of aromatic nitrogens is 2. The average molecular weight is 525 g/mol. The third-order valence-electron chi connectivity index (χ3n) is 5.30. The number of halogens is 6. The van der Waals surface area contributed by atoms with Crippen molar-refractivity contribution in [1.29, 1.82) is 0 Å². The normalized spacial score (nSPS) is 13.1. The van der Waals surface area contributed by atoms with Gasteiger partial charge in [0.05, 0.1) is 27.1 Å². The van der Waals surface area contributed by atoms with E-state index >= 15 is 0 Å². The van der Waals surface area contributed by atoms with Crippen molar-refractivity contribution in [3.63, 3.8) is 0 Å². The molecular weight excluding hydrogens is 508 g/mol. The van der Waals surface area contributed by atoms with Gasteiger partial charge in [-0.15, -0.1) is 0 Å². The average Bonchev–Trinajstić information content (AvgIpc) is 3.23. The second-order valence-electron chi connectivity index (χ2n) is 7.73. The number of fused-ring (bicyclic) bond motifs is 1. The first-order valence-electron chi connectivity index (χ1n) is 10.3. The van der Waals surface area contributed by atoms with Gasteiger partial charge in [-0.05, 0) is 60.6 Å². The molecule has 0 radical (unpaired) electrons. The molecule has 36 heavy (non-hydrogen) atoms. The molecule has 0 aliphatic carbocycles. The Kier molecular flexibility index (Phi) is 6.43. The Labute approximate surface area is 201 Å². The van der Waals surface area contributed by atoms with Crippen LogP contribution >= 0.6 is 0 Å². The SMILES string of the molecule is CNS(=O)(=O)c1ccccc1-c1ccc2[nH]c(C=Cc3cc(C(F)(F)F)cc(C(F)(F)F)c3)nc2c1. The number of nitrogens with one attached hydrogen (secondary N) is 2. The summed E-state index contributed by atoms with van der Waals surface area (Å²) in [6.07, 6.45) is -7.54. The van der Waals surface area contributed by atoms with E-state index in [-0.39, 0.29) is 22.3 Å². The van der Waals surface area contributed by atoms with E-state index in [2.05, 4.69) is 14.7 Å². The minimum atomic E-state index is -4.95. The molecule has 4 aromatic rings. The van der Waals surface area contributed by atoms with Crippen LogP contribution in [0.15, 0.2) is 65.6 Å². The van der Waals surface area contributed by atoms with Gasteiger partial charge in [0.25, 0.3) is 0 Å². The lowest BCUT2D eigenvalue weighted by Gasteiger charge is -2.12. The maximum Gasteiger partial charge on any atom is 0.416 e. The monoisotopic (exact) mass is 525 g/mol. The van der Waals surface area contributed by atoms with Crippen LogP contribution in [0.1, 0.15) is 22.5 Å². The van der Waals surface area contributed by atoms with E-state index in [1.807, 2.05) is 0 Å². The first-order valence-corrected chi connectivity index (χ1v) is 11.8. The number of rotatable bonds is 5. The van der Waals surface area contributed by atoms with Gasteiger partial charge < -0.3 is 4.98 Å². The third kappa shape index (κ3) is 5.29. The Morgan fingerprint density at radius 2 is 1.50 bits per heavy atom. The smallest absolute Gasteiger partial charge is 0.338 e. The molecule has 2 N–H and O–H groups in total. The largest absolute Gasteiger partial charge is 0.416 e. The number of imidazole rings is 1. The zero-order valence-electron chi connectivity index (χ0n) is 18.4. The van der Waals surface area contributed by atoms with Crippen LogP contribution in [0.3, 0.4) is 0 Å². The van der Waals surface area contributed by atoms with E-state index in [9.17, 15) is 34.8 Å². The van der Waals surface area contributed by atoms with Crippen molar-refractivity contribution in [3.05, 3.63) is 83.2 Å². The molecule has 3 aromatic carbocycles. The Bertz CT molecular complexity index is 1540. The van der Waals surface area contributed by atoms with Gasteiger partial charge in [-0.1, -0.05) is 30.3 Å². The summed E-state index contributed by atoms with van der Waals surface area (Å²) in [6, 6.07) is 12.6. The molecule has 0 fully saturated rings. The molecule has 0 bridgehead atoms. The Morgan fingerprint density at radius 3 is 2.11 bits per heavy atom. The summed E-state index contributed by atoms with van der Waals surface area (Å²) < 4.78 is 106. The Morgan fingerprint density at radius 1 is 0.861 bits per heavy atom. The molecule has 0 spiro atoms. The highest BCUT2D eigenvalue weighted by Gasteiger charge is 2.36. The fourth-order valence-electron chi connectivity index (χ4n) is 3.57. The zero-order valence-corrected chi connectivity index (χ0v) is 19.2. The maximum absolute atomic E-state index is 13.1. The van der Waals surface area contributed by atoms with E-state index in [0.29, 0.717) is 34.3 Å². The van der Waals surface area contributed by atoms with Crippen molar-refractivity contribution < 1.29 is 34.8 Å². The van der Waals surface area contributed by atoms with Crippen LogP contribution in [0.2, 0.25) is 0 Å². The van der Waals surface area contributed by atoms with E-state index in [1.54, 1.807) is 36.4 Å². The summed E-state index contributed by atoms with van der Waals surface area (Å²) >= 11 is 0. The minimum absolute atomic E-state index is 0.0617. The topological polar surface area (TPSA) is 74.8 Å². The number of H-pyrrole nitrogens is 1. The quantitative estimate of drug-likeness (QED) is 0.299. The van der Waals surface area contributed by atoms with Crippen molar-refractivity contribution >= 4 is 33.2 Å². The Balaban J connectivity index is 1.71. The molecule has 188 valence electrons. The van der Waals surface area contributed by atoms with E-state index < -0.39 is 33.5 Å². The number of aromatic amines is 1. The highest BCUT2D eigenvalue weighted by Crippen LogP contribution is 2.37. The number of hydrogen-bond acceptors (Lipinski definition) is 3. The van der Waals surface area contributed by atoms with Crippen molar-refractivity contribution in [3.8, 4) is 11.1 Å². The van der Waals surface area contributed by atoms with Crippen LogP contribution in [-0.2, 0) is 22.4 Å². The number of alkyl halides is 6. The summed E-state index contributed by atoms with van der Waals surface area (Å²) in [5, 5.41) is 0. The van der Waals surface area contributed by atoms with E-state index in [1.165, 1.54) is 19.2 Å². The molecule has 1 aromatic heterocycles. The number of hydrogen-bond donors (Lipinski definition) is 2. The summed E-state index contributed by atoms with van der Waals surface area (Å²) in [5.74, 6) is 0.184. The minimum Gasteiger partial charge on any atom is -0.338 e. The number of benzene rings is 3. The van der Waals surface area contributed by atoms with E-state index in [0.717, 1.165) is 6.08 Å². The lowest BCUT2D eigenvalue weighted by molar-refractivity contribution is -0.143. The molecule has 12 heteroatoms. The molecule has 0 saturated heterocycles. The molecule has 0 unspecified atom stereocenters. The van der Waals surface area contributed by atoms with Gasteiger partial charge >= 0.3 is 12.4 Å². The summed E-state index contributed by atoms with van der Waals surface area (Å²) in [5.41, 5.74) is -1.20. The van der Waals surface area contributed by atoms with Gasteiger partial charge in [0, 0.05) is 5.56 Å². The first kappa shape index (κ1) is 25.5. The van der Waals surface area contributed by atoms with Crippen molar-refractivity contribution in [2.75, 3.05) is 7.05 Å². The fraction of sp³-hybridized carbons (Fsp3) is 0.125. The highest BCUT2D eigenvalue weighted by molar-refractivity contribution is 7.89. The van der Waals surface area contributed by atoms with Crippen LogP contribution in [0.25, 0.3) is 34.3 Å². The molecule has 4 rings (SSSR count). The summed E-state index contributed by atoms with van der Waals surface area (Å²) in [6.45, 7) is 0. The molecule has 0 aliphatic heterocycles. The molecule has 5 nitrogen and oxygen atoms in total. The van der Waals surface area contributed by atoms with Crippen molar-refractivity contribution in [1.82, 2.24) is 14.7 Å². The first-order chi connectivity index (χ1) is 16.8. The van der Waals surface area contributed by atoms with Crippen LogP contribution in [0, 0.1) is 0 Å². The molecule has 0 amide bonds. The summed E-state index contributed by atoms with van der Waals surface area (Å²) in [4.78, 5) is 7.30. The second-order valence-corrected chi connectivity index (χ2v) is 9.59. The van der Waals surface area contributed by atoms with Crippen LogP contribution in [0.4, 0.5) is 26.3 Å². The zero-order chi connectivity index (χ0) is 26.3. The molecule has 0 saturated carbocycles. The molecular formula is C24H17F6N3O2S. The van der Waals surface area contributed by atoms with Gasteiger partial charge in [0.2, 0.25) is 10.0 Å². The maximum atomic E-state index is 13.1. The molecule has 1 heterocycles. The predicted molar refractivity (Wildman–Crippen MR) is 123 cm³/mol. The van der Waals surface area contributed by atoms with Gasteiger partial charge in [-0.3, -0.25) is 0 Å². The fourth-order valence-corrected chi connectivity index (χ4v) is 4.52. The number of sulfonamides is 1. The van der Waals surface area contributed by atoms with Crippen molar-refractivity contribution in [2.45, 2.75) is 17.2 Å².